The highest BCUT2D eigenvalue weighted by Gasteiger charge is 2.32. The summed E-state index contributed by atoms with van der Waals surface area (Å²) in [5.74, 6) is -1.70. The van der Waals surface area contributed by atoms with Gasteiger partial charge in [-0.3, -0.25) is 4.79 Å². The molecule has 0 spiro atoms. The van der Waals surface area contributed by atoms with Crippen LogP contribution in [0.5, 0.6) is 11.5 Å². The van der Waals surface area contributed by atoms with Gasteiger partial charge >= 0.3 is 0 Å². The van der Waals surface area contributed by atoms with E-state index in [-0.39, 0.29) is 5.91 Å². The van der Waals surface area contributed by atoms with Crippen LogP contribution in [0.15, 0.2) is 18.2 Å². The van der Waals surface area contributed by atoms with E-state index in [0.717, 1.165) is 12.8 Å². The van der Waals surface area contributed by atoms with E-state index in [4.69, 9.17) is 9.47 Å². The van der Waals surface area contributed by atoms with Gasteiger partial charge in [-0.2, -0.15) is 0 Å². The lowest BCUT2D eigenvalue weighted by molar-refractivity contribution is -0.313. The number of amides is 1. The molecule has 1 aliphatic rings. The largest absolute Gasteiger partial charge is 0.550 e. The zero-order valence-electron chi connectivity index (χ0n) is 12.8. The number of nitrogens with one attached hydrogen (secondary N) is 1. The molecule has 1 aliphatic carbocycles. The van der Waals surface area contributed by atoms with Crippen molar-refractivity contribution in [3.63, 3.8) is 0 Å². The molecule has 1 aromatic carbocycles. The average molecular weight is 306 g/mol. The number of benzene rings is 1. The molecule has 22 heavy (non-hydrogen) atoms. The van der Waals surface area contributed by atoms with Crippen molar-refractivity contribution in [3.8, 4) is 11.5 Å². The molecule has 120 valence electrons. The number of hydrogen-bond acceptors (Lipinski definition) is 5. The van der Waals surface area contributed by atoms with Crippen LogP contribution >= 0.6 is 0 Å². The van der Waals surface area contributed by atoms with E-state index in [1.165, 1.54) is 14.2 Å². The van der Waals surface area contributed by atoms with Crippen molar-refractivity contribution < 1.29 is 24.2 Å². The maximum absolute atomic E-state index is 12.5. The molecule has 0 radical (unpaired) electrons. The summed E-state index contributed by atoms with van der Waals surface area (Å²) in [5, 5.41) is 14.0. The van der Waals surface area contributed by atoms with Gasteiger partial charge in [-0.15, -0.1) is 0 Å². The first-order valence-corrected chi connectivity index (χ1v) is 7.30. The lowest BCUT2D eigenvalue weighted by atomic mass is 9.78. The molecule has 6 heteroatoms. The van der Waals surface area contributed by atoms with E-state index in [0.29, 0.717) is 30.0 Å². The zero-order chi connectivity index (χ0) is 16.1. The number of carbonyl (C=O) groups is 2. The Morgan fingerprint density at radius 3 is 2.41 bits per heavy atom. The fourth-order valence-corrected chi connectivity index (χ4v) is 2.86. The first kappa shape index (κ1) is 16.1. The molecular formula is C16H20NO5-. The van der Waals surface area contributed by atoms with Crippen LogP contribution in [0.25, 0.3) is 0 Å². The van der Waals surface area contributed by atoms with Gasteiger partial charge in [0.25, 0.3) is 0 Å². The van der Waals surface area contributed by atoms with Gasteiger partial charge < -0.3 is 24.7 Å². The molecule has 0 aliphatic heterocycles. The Bertz CT molecular complexity index is 557. The lowest BCUT2D eigenvalue weighted by Gasteiger charge is -2.31. The highest BCUT2D eigenvalue weighted by molar-refractivity contribution is 5.96. The third-order valence-corrected chi connectivity index (χ3v) is 4.07. The Balaban J connectivity index is 2.18. The van der Waals surface area contributed by atoms with Crippen LogP contribution in [-0.2, 0) is 9.59 Å². The normalized spacial score (nSPS) is 21.0. The van der Waals surface area contributed by atoms with Crippen LogP contribution in [0.3, 0.4) is 0 Å². The molecule has 1 amide bonds. The van der Waals surface area contributed by atoms with E-state index in [1.54, 1.807) is 18.2 Å². The highest BCUT2D eigenvalue weighted by atomic mass is 16.5. The second-order valence-corrected chi connectivity index (χ2v) is 5.37. The number of rotatable bonds is 5. The first-order valence-electron chi connectivity index (χ1n) is 7.30. The van der Waals surface area contributed by atoms with Crippen LogP contribution in [0.2, 0.25) is 0 Å². The molecule has 1 saturated carbocycles. The van der Waals surface area contributed by atoms with Crippen LogP contribution in [0, 0.1) is 11.8 Å². The summed E-state index contributed by atoms with van der Waals surface area (Å²) in [4.78, 5) is 23.7. The molecular weight excluding hydrogens is 286 g/mol. The van der Waals surface area contributed by atoms with Crippen LogP contribution < -0.4 is 19.9 Å². The van der Waals surface area contributed by atoms with E-state index in [1.807, 2.05) is 0 Å². The summed E-state index contributed by atoms with van der Waals surface area (Å²) in [6.45, 7) is 0. The summed E-state index contributed by atoms with van der Waals surface area (Å²) < 4.78 is 10.3. The number of hydrogen-bond donors (Lipinski definition) is 1. The fourth-order valence-electron chi connectivity index (χ4n) is 2.86. The number of carbonyl (C=O) groups excluding carboxylic acids is 2. The van der Waals surface area contributed by atoms with Gasteiger partial charge in [0.1, 0.15) is 11.5 Å². The minimum absolute atomic E-state index is 0.319. The maximum Gasteiger partial charge on any atom is 0.228 e. The second kappa shape index (κ2) is 7.15. The Morgan fingerprint density at radius 2 is 1.82 bits per heavy atom. The van der Waals surface area contributed by atoms with Crippen LogP contribution in [0.4, 0.5) is 5.69 Å². The molecule has 0 saturated heterocycles. The topological polar surface area (TPSA) is 87.7 Å². The Labute approximate surface area is 129 Å². The van der Waals surface area contributed by atoms with Crippen molar-refractivity contribution in [1.82, 2.24) is 0 Å². The Morgan fingerprint density at radius 1 is 1.14 bits per heavy atom. The highest BCUT2D eigenvalue weighted by Crippen LogP contribution is 2.33. The van der Waals surface area contributed by atoms with Crippen molar-refractivity contribution in [3.05, 3.63) is 18.2 Å². The molecule has 1 fully saturated rings. The Hall–Kier alpha value is -2.24. The molecule has 2 rings (SSSR count). The predicted molar refractivity (Wildman–Crippen MR) is 78.6 cm³/mol. The third kappa shape index (κ3) is 3.50. The standard InChI is InChI=1S/C16H21NO5/c1-21-10-7-8-14(22-2)13(9-10)17-15(18)11-5-3-4-6-12(11)16(19)20/h7-9,11-12H,3-6H2,1-2H3,(H,17,18)(H,19,20)/p-1/t11-,12+/m1/s1. The van der Waals surface area contributed by atoms with E-state index in [9.17, 15) is 14.7 Å². The van der Waals surface area contributed by atoms with Crippen molar-refractivity contribution >= 4 is 17.6 Å². The molecule has 0 heterocycles. The summed E-state index contributed by atoms with van der Waals surface area (Å²) >= 11 is 0. The molecule has 1 aromatic rings. The minimum Gasteiger partial charge on any atom is -0.550 e. The van der Waals surface area contributed by atoms with Crippen molar-refractivity contribution in [2.24, 2.45) is 11.8 Å². The zero-order valence-corrected chi connectivity index (χ0v) is 12.8. The SMILES string of the molecule is COc1ccc(OC)c(NC(=O)[C@@H]2CCCC[C@@H]2C(=O)[O-])c1. The van der Waals surface area contributed by atoms with Gasteiger partial charge in [0.15, 0.2) is 0 Å². The number of methoxy groups -OCH3 is 2. The molecule has 0 unspecified atom stereocenters. The van der Waals surface area contributed by atoms with Gasteiger partial charge in [-0.05, 0) is 25.0 Å². The van der Waals surface area contributed by atoms with Gasteiger partial charge in [0.05, 0.1) is 19.9 Å². The summed E-state index contributed by atoms with van der Waals surface area (Å²) in [7, 11) is 3.03. The molecule has 0 aromatic heterocycles. The summed E-state index contributed by atoms with van der Waals surface area (Å²) in [6, 6.07) is 5.05. The quantitative estimate of drug-likeness (QED) is 0.883. The number of aliphatic carboxylic acids is 1. The molecule has 1 N–H and O–H groups in total. The molecule has 0 bridgehead atoms. The number of ether oxygens (including phenoxy) is 2. The lowest BCUT2D eigenvalue weighted by Crippen LogP contribution is -2.42. The minimum atomic E-state index is -1.16. The third-order valence-electron chi connectivity index (χ3n) is 4.07. The van der Waals surface area contributed by atoms with Crippen molar-refractivity contribution in [1.29, 1.82) is 0 Å². The van der Waals surface area contributed by atoms with Gasteiger partial charge in [0.2, 0.25) is 5.91 Å². The number of carboxylic acid groups (broad SMARTS) is 1. The van der Waals surface area contributed by atoms with Gasteiger partial charge in [-0.25, -0.2) is 0 Å². The monoisotopic (exact) mass is 306 g/mol. The first-order chi connectivity index (χ1) is 10.6. The smallest absolute Gasteiger partial charge is 0.228 e. The summed E-state index contributed by atoms with van der Waals surface area (Å²) in [6.07, 6.45) is 2.69. The number of carboxylic acids is 1. The van der Waals surface area contributed by atoms with Gasteiger partial charge in [0, 0.05) is 23.9 Å². The predicted octanol–water partition coefficient (Wildman–Crippen LogP) is 1.20. The van der Waals surface area contributed by atoms with Crippen LogP contribution in [0.1, 0.15) is 25.7 Å². The van der Waals surface area contributed by atoms with Gasteiger partial charge in [-0.1, -0.05) is 12.8 Å². The fraction of sp³-hybridized carbons (Fsp3) is 0.500. The second-order valence-electron chi connectivity index (χ2n) is 5.37. The van der Waals surface area contributed by atoms with E-state index < -0.39 is 17.8 Å². The summed E-state index contributed by atoms with van der Waals surface area (Å²) in [5.41, 5.74) is 0.467. The number of anilines is 1. The van der Waals surface area contributed by atoms with E-state index in [2.05, 4.69) is 5.32 Å². The average Bonchev–Trinajstić information content (AvgIpc) is 2.54. The maximum atomic E-state index is 12.5. The Kier molecular flexibility index (Phi) is 5.25. The van der Waals surface area contributed by atoms with Crippen molar-refractivity contribution in [2.45, 2.75) is 25.7 Å². The molecule has 2 atom stereocenters. The van der Waals surface area contributed by atoms with Crippen LogP contribution in [-0.4, -0.2) is 26.1 Å². The van der Waals surface area contributed by atoms with Crippen molar-refractivity contribution in [2.75, 3.05) is 19.5 Å². The van der Waals surface area contributed by atoms with E-state index >= 15 is 0 Å². The molecule has 6 nitrogen and oxygen atoms in total.